The summed E-state index contributed by atoms with van der Waals surface area (Å²) in [6.45, 7) is 0. The maximum absolute atomic E-state index is 6.04. The second kappa shape index (κ2) is 7.71. The number of aromatic nitrogens is 1. The number of para-hydroxylation sites is 2. The Kier molecular flexibility index (Phi) is 4.56. The molecule has 0 amide bonds. The Bertz CT molecular complexity index is 1560. The van der Waals surface area contributed by atoms with E-state index in [-0.39, 0.29) is 0 Å². The monoisotopic (exact) mass is 429 g/mol. The van der Waals surface area contributed by atoms with Crippen LogP contribution in [0.3, 0.4) is 0 Å². The largest absolute Gasteiger partial charge is 0.354 e. The quantitative estimate of drug-likeness (QED) is 0.289. The van der Waals surface area contributed by atoms with Gasteiger partial charge in [-0.2, -0.15) is 0 Å². The van der Waals surface area contributed by atoms with Crippen molar-refractivity contribution in [2.24, 2.45) is 0 Å². The van der Waals surface area contributed by atoms with Crippen molar-refractivity contribution in [2.75, 3.05) is 0 Å². The van der Waals surface area contributed by atoms with Crippen LogP contribution in [0.2, 0.25) is 5.02 Å². The lowest BCUT2D eigenvalue weighted by Gasteiger charge is -2.12. The molecule has 1 N–H and O–H groups in total. The Balaban J connectivity index is 1.48. The second-order valence-corrected chi connectivity index (χ2v) is 8.46. The van der Waals surface area contributed by atoms with E-state index in [1.54, 1.807) is 0 Å². The van der Waals surface area contributed by atoms with Gasteiger partial charge in [-0.15, -0.1) is 0 Å². The number of fused-ring (bicyclic) bond motifs is 3. The van der Waals surface area contributed by atoms with Gasteiger partial charge in [-0.1, -0.05) is 109 Å². The number of halogens is 1. The fraction of sp³-hybridized carbons (Fsp3) is 0. The van der Waals surface area contributed by atoms with Crippen molar-refractivity contribution in [2.45, 2.75) is 0 Å². The van der Waals surface area contributed by atoms with Crippen molar-refractivity contribution in [1.82, 2.24) is 4.98 Å². The maximum Gasteiger partial charge on any atom is 0.0544 e. The van der Waals surface area contributed by atoms with Crippen molar-refractivity contribution >= 4 is 33.4 Å². The topological polar surface area (TPSA) is 15.8 Å². The van der Waals surface area contributed by atoms with E-state index < -0.39 is 0 Å². The molecule has 0 bridgehead atoms. The highest BCUT2D eigenvalue weighted by molar-refractivity contribution is 6.30. The Hall–Kier alpha value is -3.81. The zero-order valence-electron chi connectivity index (χ0n) is 17.3. The van der Waals surface area contributed by atoms with Crippen LogP contribution in [0.4, 0.5) is 0 Å². The van der Waals surface area contributed by atoms with Crippen LogP contribution < -0.4 is 0 Å². The van der Waals surface area contributed by atoms with Gasteiger partial charge in [0.2, 0.25) is 0 Å². The molecule has 0 aliphatic rings. The van der Waals surface area contributed by atoms with E-state index in [9.17, 15) is 0 Å². The van der Waals surface area contributed by atoms with Gasteiger partial charge in [0, 0.05) is 26.9 Å². The van der Waals surface area contributed by atoms with Gasteiger partial charge >= 0.3 is 0 Å². The SMILES string of the molecule is Clc1ccc(-c2ccc(-c3ccccc3-c3cccc4c3[nH]c3ccccc34)cc2)cc1. The maximum atomic E-state index is 6.04. The summed E-state index contributed by atoms with van der Waals surface area (Å²) in [5.41, 5.74) is 9.56. The average molecular weight is 430 g/mol. The van der Waals surface area contributed by atoms with E-state index in [1.807, 2.05) is 12.1 Å². The molecule has 0 saturated carbocycles. The van der Waals surface area contributed by atoms with Gasteiger partial charge in [-0.3, -0.25) is 0 Å². The molecule has 0 fully saturated rings. The number of nitrogens with one attached hydrogen (secondary N) is 1. The minimum Gasteiger partial charge on any atom is -0.354 e. The third kappa shape index (κ3) is 3.19. The molecule has 1 aromatic heterocycles. The third-order valence-electron chi connectivity index (χ3n) is 6.13. The van der Waals surface area contributed by atoms with E-state index in [0.29, 0.717) is 0 Å². The van der Waals surface area contributed by atoms with E-state index >= 15 is 0 Å². The fourth-order valence-corrected chi connectivity index (χ4v) is 4.68. The molecule has 0 saturated heterocycles. The van der Waals surface area contributed by atoms with Gasteiger partial charge < -0.3 is 4.98 Å². The first-order chi connectivity index (χ1) is 15.8. The van der Waals surface area contributed by atoms with Crippen molar-refractivity contribution < 1.29 is 0 Å². The summed E-state index contributed by atoms with van der Waals surface area (Å²) in [5, 5.41) is 3.27. The molecular formula is C30H20ClN. The molecule has 32 heavy (non-hydrogen) atoms. The standard InChI is InChI=1S/C30H20ClN/c31-23-18-16-21(17-19-23)20-12-14-22(15-13-20)24-6-1-2-7-25(24)27-9-5-10-28-26-8-3-4-11-29(26)32-30(27)28/h1-19,32H. The van der Waals surface area contributed by atoms with Crippen molar-refractivity contribution in [3.8, 4) is 33.4 Å². The van der Waals surface area contributed by atoms with Crippen LogP contribution in [0.25, 0.3) is 55.2 Å². The van der Waals surface area contributed by atoms with Crippen LogP contribution in [-0.2, 0) is 0 Å². The molecule has 0 radical (unpaired) electrons. The zero-order valence-corrected chi connectivity index (χ0v) is 18.1. The summed E-state index contributed by atoms with van der Waals surface area (Å²) in [4.78, 5) is 3.65. The summed E-state index contributed by atoms with van der Waals surface area (Å²) in [5.74, 6) is 0. The first kappa shape index (κ1) is 18.9. The number of hydrogen-bond acceptors (Lipinski definition) is 0. The molecular weight excluding hydrogens is 410 g/mol. The van der Waals surface area contributed by atoms with E-state index in [0.717, 1.165) is 10.6 Å². The molecule has 6 aromatic rings. The Morgan fingerprint density at radius 3 is 1.78 bits per heavy atom. The third-order valence-corrected chi connectivity index (χ3v) is 6.38. The first-order valence-electron chi connectivity index (χ1n) is 10.7. The molecule has 2 heteroatoms. The smallest absolute Gasteiger partial charge is 0.0544 e. The number of hydrogen-bond donors (Lipinski definition) is 1. The van der Waals surface area contributed by atoms with Gasteiger partial charge in [-0.05, 0) is 46.0 Å². The Labute approximate surface area is 191 Å². The first-order valence-corrected chi connectivity index (χ1v) is 11.1. The lowest BCUT2D eigenvalue weighted by atomic mass is 9.92. The number of H-pyrrole nitrogens is 1. The highest BCUT2D eigenvalue weighted by Crippen LogP contribution is 2.38. The van der Waals surface area contributed by atoms with Gasteiger partial charge in [0.05, 0.1) is 5.52 Å². The second-order valence-electron chi connectivity index (χ2n) is 8.03. The van der Waals surface area contributed by atoms with Gasteiger partial charge in [0.25, 0.3) is 0 Å². The van der Waals surface area contributed by atoms with Crippen LogP contribution in [-0.4, -0.2) is 4.98 Å². The molecule has 1 heterocycles. The van der Waals surface area contributed by atoms with Crippen LogP contribution in [0, 0.1) is 0 Å². The summed E-state index contributed by atoms with van der Waals surface area (Å²) in [7, 11) is 0. The van der Waals surface area contributed by atoms with Gasteiger partial charge in [-0.25, -0.2) is 0 Å². The molecule has 1 nitrogen and oxygen atoms in total. The summed E-state index contributed by atoms with van der Waals surface area (Å²) < 4.78 is 0. The molecule has 0 aliphatic carbocycles. The molecule has 6 rings (SSSR count). The highest BCUT2D eigenvalue weighted by Gasteiger charge is 2.13. The van der Waals surface area contributed by atoms with Crippen LogP contribution >= 0.6 is 11.6 Å². The van der Waals surface area contributed by atoms with E-state index in [4.69, 9.17) is 11.6 Å². The Morgan fingerprint density at radius 2 is 1.00 bits per heavy atom. The molecule has 0 aliphatic heterocycles. The van der Waals surface area contributed by atoms with Crippen LogP contribution in [0.15, 0.2) is 115 Å². The minimum atomic E-state index is 0.755. The van der Waals surface area contributed by atoms with E-state index in [1.165, 1.54) is 49.6 Å². The summed E-state index contributed by atoms with van der Waals surface area (Å²) in [6, 6.07) is 40.4. The van der Waals surface area contributed by atoms with Crippen molar-refractivity contribution in [3.63, 3.8) is 0 Å². The van der Waals surface area contributed by atoms with Crippen molar-refractivity contribution in [1.29, 1.82) is 0 Å². The fourth-order valence-electron chi connectivity index (χ4n) is 4.55. The lowest BCUT2D eigenvalue weighted by molar-refractivity contribution is 1.53. The average Bonchev–Trinajstić information content (AvgIpc) is 3.24. The Morgan fingerprint density at radius 1 is 0.438 bits per heavy atom. The minimum absolute atomic E-state index is 0.755. The van der Waals surface area contributed by atoms with Crippen molar-refractivity contribution in [3.05, 3.63) is 120 Å². The molecule has 0 atom stereocenters. The number of aromatic amines is 1. The number of benzene rings is 5. The predicted molar refractivity (Wildman–Crippen MR) is 137 cm³/mol. The summed E-state index contributed by atoms with van der Waals surface area (Å²) in [6.07, 6.45) is 0. The molecule has 5 aromatic carbocycles. The lowest BCUT2D eigenvalue weighted by Crippen LogP contribution is -1.87. The normalized spacial score (nSPS) is 11.3. The van der Waals surface area contributed by atoms with Gasteiger partial charge in [0.15, 0.2) is 0 Å². The molecule has 0 unspecified atom stereocenters. The molecule has 152 valence electrons. The predicted octanol–water partition coefficient (Wildman–Crippen LogP) is 8.98. The van der Waals surface area contributed by atoms with Gasteiger partial charge in [0.1, 0.15) is 0 Å². The van der Waals surface area contributed by atoms with Crippen LogP contribution in [0.1, 0.15) is 0 Å². The zero-order chi connectivity index (χ0) is 21.5. The molecule has 0 spiro atoms. The van der Waals surface area contributed by atoms with Crippen LogP contribution in [0.5, 0.6) is 0 Å². The highest BCUT2D eigenvalue weighted by atomic mass is 35.5. The number of rotatable bonds is 3. The van der Waals surface area contributed by atoms with E-state index in [2.05, 4.69) is 108 Å². The summed E-state index contributed by atoms with van der Waals surface area (Å²) >= 11 is 6.04.